The van der Waals surface area contributed by atoms with Gasteiger partial charge in [-0.25, -0.2) is 0 Å². The van der Waals surface area contributed by atoms with Crippen LogP contribution in [0.1, 0.15) is 43.4 Å². The van der Waals surface area contributed by atoms with Gasteiger partial charge in [-0.1, -0.05) is 31.5 Å². The van der Waals surface area contributed by atoms with Crippen molar-refractivity contribution in [3.8, 4) is 0 Å². The number of likely N-dealkylation sites (N-methyl/N-ethyl adjacent to an activating group) is 1. The Kier molecular flexibility index (Phi) is 6.76. The van der Waals surface area contributed by atoms with Crippen LogP contribution in [-0.2, 0) is 14.4 Å². The summed E-state index contributed by atoms with van der Waals surface area (Å²) in [6, 6.07) is 3.49. The third-order valence-electron chi connectivity index (χ3n) is 5.02. The second kappa shape index (κ2) is 8.65. The molecule has 1 atom stereocenters. The summed E-state index contributed by atoms with van der Waals surface area (Å²) in [7, 11) is 1.72. The standard InChI is InChI=1S/C21H31N3O3/c1-13(2)7-8-24-19(26)11-17(21(24)27)23(6)12-18(25)22-20-15(4)9-14(3)10-16(20)5/h9-10,13,17H,7-8,11-12H2,1-6H3,(H,22,25)/t17-/m0/s1. The van der Waals surface area contributed by atoms with Crippen molar-refractivity contribution in [3.63, 3.8) is 0 Å². The van der Waals surface area contributed by atoms with Crippen molar-refractivity contribution in [2.24, 2.45) is 5.92 Å². The van der Waals surface area contributed by atoms with Crippen molar-refractivity contribution in [3.05, 3.63) is 28.8 Å². The molecule has 0 aliphatic carbocycles. The fraction of sp³-hybridized carbons (Fsp3) is 0.571. The monoisotopic (exact) mass is 373 g/mol. The van der Waals surface area contributed by atoms with Gasteiger partial charge in [-0.3, -0.25) is 24.2 Å². The highest BCUT2D eigenvalue weighted by molar-refractivity contribution is 6.05. The van der Waals surface area contributed by atoms with E-state index in [2.05, 4.69) is 19.2 Å². The van der Waals surface area contributed by atoms with Crippen LogP contribution in [0.15, 0.2) is 12.1 Å². The smallest absolute Gasteiger partial charge is 0.247 e. The Morgan fingerprint density at radius 2 is 1.81 bits per heavy atom. The minimum Gasteiger partial charge on any atom is -0.324 e. The van der Waals surface area contributed by atoms with Crippen molar-refractivity contribution in [1.29, 1.82) is 0 Å². The van der Waals surface area contributed by atoms with Crippen LogP contribution in [0.2, 0.25) is 0 Å². The molecule has 0 saturated carbocycles. The quantitative estimate of drug-likeness (QED) is 0.746. The molecule has 3 amide bonds. The lowest BCUT2D eigenvalue weighted by molar-refractivity contribution is -0.139. The molecule has 1 N–H and O–H groups in total. The third-order valence-corrected chi connectivity index (χ3v) is 5.02. The van der Waals surface area contributed by atoms with Gasteiger partial charge < -0.3 is 5.32 Å². The Hall–Kier alpha value is -2.21. The summed E-state index contributed by atoms with van der Waals surface area (Å²) in [6.07, 6.45) is 0.934. The van der Waals surface area contributed by atoms with Gasteiger partial charge >= 0.3 is 0 Å². The first kappa shape index (κ1) is 21.1. The highest BCUT2D eigenvalue weighted by Gasteiger charge is 2.40. The van der Waals surface area contributed by atoms with Crippen molar-refractivity contribution in [2.45, 2.75) is 53.5 Å². The molecule has 27 heavy (non-hydrogen) atoms. The summed E-state index contributed by atoms with van der Waals surface area (Å²) in [5.41, 5.74) is 3.98. The average Bonchev–Trinajstić information content (AvgIpc) is 2.83. The molecule has 1 aromatic carbocycles. The van der Waals surface area contributed by atoms with Crippen LogP contribution in [0.5, 0.6) is 0 Å². The Morgan fingerprint density at radius 3 is 2.37 bits per heavy atom. The summed E-state index contributed by atoms with van der Waals surface area (Å²) in [5.74, 6) is -0.107. The van der Waals surface area contributed by atoms with Crippen LogP contribution >= 0.6 is 0 Å². The number of hydrogen-bond acceptors (Lipinski definition) is 4. The molecule has 148 valence electrons. The number of rotatable bonds is 7. The normalized spacial score (nSPS) is 17.3. The van der Waals surface area contributed by atoms with E-state index in [-0.39, 0.29) is 30.7 Å². The highest BCUT2D eigenvalue weighted by atomic mass is 16.2. The van der Waals surface area contributed by atoms with Gasteiger partial charge in [0.25, 0.3) is 0 Å². The molecule has 1 heterocycles. The van der Waals surface area contributed by atoms with E-state index in [1.807, 2.05) is 32.9 Å². The maximum atomic E-state index is 12.6. The molecule has 0 bridgehead atoms. The first-order valence-electron chi connectivity index (χ1n) is 9.52. The predicted octanol–water partition coefficient (Wildman–Crippen LogP) is 2.66. The Bertz CT molecular complexity index is 719. The Labute approximate surface area is 161 Å². The lowest BCUT2D eigenvalue weighted by Crippen LogP contribution is -2.43. The molecule has 1 aromatic rings. The van der Waals surface area contributed by atoms with Crippen molar-refractivity contribution in [1.82, 2.24) is 9.80 Å². The molecule has 0 unspecified atom stereocenters. The number of anilines is 1. The second-order valence-corrected chi connectivity index (χ2v) is 8.02. The molecule has 1 saturated heterocycles. The van der Waals surface area contributed by atoms with E-state index >= 15 is 0 Å². The number of carbonyl (C=O) groups is 3. The van der Waals surface area contributed by atoms with Crippen LogP contribution in [0.4, 0.5) is 5.69 Å². The molecule has 0 spiro atoms. The Balaban J connectivity index is 1.99. The molecular weight excluding hydrogens is 342 g/mol. The number of amides is 3. The first-order valence-corrected chi connectivity index (χ1v) is 9.52. The largest absolute Gasteiger partial charge is 0.324 e. The van der Waals surface area contributed by atoms with Gasteiger partial charge in [0.15, 0.2) is 0 Å². The minimum atomic E-state index is -0.560. The minimum absolute atomic E-state index is 0.0640. The summed E-state index contributed by atoms with van der Waals surface area (Å²) in [4.78, 5) is 40.3. The first-order chi connectivity index (χ1) is 12.6. The van der Waals surface area contributed by atoms with E-state index in [1.54, 1.807) is 11.9 Å². The fourth-order valence-corrected chi connectivity index (χ4v) is 3.53. The number of benzene rings is 1. The molecule has 6 nitrogen and oxygen atoms in total. The number of nitrogens with zero attached hydrogens (tertiary/aromatic N) is 2. The van der Waals surface area contributed by atoms with Gasteiger partial charge in [0.05, 0.1) is 19.0 Å². The van der Waals surface area contributed by atoms with E-state index in [4.69, 9.17) is 0 Å². The van der Waals surface area contributed by atoms with Gasteiger partial charge in [-0.15, -0.1) is 0 Å². The molecular formula is C21H31N3O3. The van der Waals surface area contributed by atoms with Gasteiger partial charge in [0.2, 0.25) is 17.7 Å². The number of carbonyl (C=O) groups excluding carboxylic acids is 3. The van der Waals surface area contributed by atoms with Crippen molar-refractivity contribution < 1.29 is 14.4 Å². The van der Waals surface area contributed by atoms with Gasteiger partial charge in [0.1, 0.15) is 0 Å². The summed E-state index contributed by atoms with van der Waals surface area (Å²) < 4.78 is 0. The van der Waals surface area contributed by atoms with E-state index < -0.39 is 6.04 Å². The van der Waals surface area contributed by atoms with Crippen LogP contribution in [0, 0.1) is 26.7 Å². The number of imide groups is 1. The zero-order chi connectivity index (χ0) is 20.3. The maximum absolute atomic E-state index is 12.6. The zero-order valence-electron chi connectivity index (χ0n) is 17.3. The van der Waals surface area contributed by atoms with Gasteiger partial charge in [-0.2, -0.15) is 0 Å². The summed E-state index contributed by atoms with van der Waals surface area (Å²) >= 11 is 0. The molecule has 2 rings (SSSR count). The van der Waals surface area contributed by atoms with E-state index in [9.17, 15) is 14.4 Å². The van der Waals surface area contributed by atoms with Crippen molar-refractivity contribution in [2.75, 3.05) is 25.5 Å². The lowest BCUT2D eigenvalue weighted by atomic mass is 10.1. The predicted molar refractivity (Wildman–Crippen MR) is 106 cm³/mol. The summed E-state index contributed by atoms with van der Waals surface area (Å²) in [5, 5.41) is 2.95. The molecule has 0 aromatic heterocycles. The zero-order valence-corrected chi connectivity index (χ0v) is 17.3. The average molecular weight is 373 g/mol. The van der Waals surface area contributed by atoms with Gasteiger partial charge in [0, 0.05) is 12.2 Å². The van der Waals surface area contributed by atoms with E-state index in [0.717, 1.165) is 28.8 Å². The topological polar surface area (TPSA) is 69.7 Å². The second-order valence-electron chi connectivity index (χ2n) is 8.02. The molecule has 1 fully saturated rings. The van der Waals surface area contributed by atoms with Crippen LogP contribution in [-0.4, -0.2) is 53.7 Å². The SMILES string of the molecule is Cc1cc(C)c(NC(=O)CN(C)[C@H]2CC(=O)N(CCC(C)C)C2=O)c(C)c1. The number of likely N-dealkylation sites (tertiary alicyclic amines) is 1. The Morgan fingerprint density at radius 1 is 1.22 bits per heavy atom. The number of nitrogens with one attached hydrogen (secondary N) is 1. The molecule has 1 aliphatic heterocycles. The fourth-order valence-electron chi connectivity index (χ4n) is 3.53. The molecule has 0 radical (unpaired) electrons. The van der Waals surface area contributed by atoms with E-state index in [0.29, 0.717) is 12.5 Å². The highest BCUT2D eigenvalue weighted by Crippen LogP contribution is 2.23. The lowest BCUT2D eigenvalue weighted by Gasteiger charge is -2.23. The van der Waals surface area contributed by atoms with Gasteiger partial charge in [-0.05, 0) is 51.3 Å². The number of hydrogen-bond donors (Lipinski definition) is 1. The summed E-state index contributed by atoms with van der Waals surface area (Å²) in [6.45, 7) is 10.6. The van der Waals surface area contributed by atoms with Crippen LogP contribution in [0.25, 0.3) is 0 Å². The maximum Gasteiger partial charge on any atom is 0.247 e. The number of aryl methyl sites for hydroxylation is 3. The van der Waals surface area contributed by atoms with Crippen LogP contribution < -0.4 is 5.32 Å². The van der Waals surface area contributed by atoms with E-state index in [1.165, 1.54) is 4.90 Å². The molecule has 6 heteroatoms. The van der Waals surface area contributed by atoms with Crippen LogP contribution in [0.3, 0.4) is 0 Å². The van der Waals surface area contributed by atoms with Crippen molar-refractivity contribution >= 4 is 23.4 Å². The molecule has 1 aliphatic rings. The third kappa shape index (κ3) is 5.16.